The Labute approximate surface area is 173 Å². The van der Waals surface area contributed by atoms with Crippen molar-refractivity contribution in [2.45, 2.75) is 6.61 Å². The fraction of sp³-hybridized carbons (Fsp3) is 0.125. The van der Waals surface area contributed by atoms with E-state index in [-0.39, 0.29) is 23.7 Å². The van der Waals surface area contributed by atoms with Crippen molar-refractivity contribution in [3.8, 4) is 11.5 Å². The zero-order valence-corrected chi connectivity index (χ0v) is 16.5. The van der Waals surface area contributed by atoms with Crippen molar-refractivity contribution >= 4 is 17.5 Å². The van der Waals surface area contributed by atoms with Crippen LogP contribution >= 0.6 is 0 Å². The minimum Gasteiger partial charge on any atom is -0.489 e. The van der Waals surface area contributed by atoms with Crippen LogP contribution in [-0.2, 0) is 6.61 Å². The van der Waals surface area contributed by atoms with Gasteiger partial charge in [-0.3, -0.25) is 4.79 Å². The molecule has 0 N–H and O–H groups in total. The van der Waals surface area contributed by atoms with Gasteiger partial charge in [-0.1, -0.05) is 18.2 Å². The smallest absolute Gasteiger partial charge is 0.231 e. The van der Waals surface area contributed by atoms with E-state index in [1.807, 2.05) is 43.3 Å². The lowest BCUT2D eigenvalue weighted by Crippen LogP contribution is -2.08. The predicted molar refractivity (Wildman–Crippen MR) is 111 cm³/mol. The Morgan fingerprint density at radius 3 is 2.37 bits per heavy atom. The molecule has 0 aromatic heterocycles. The molecule has 0 unspecified atom stereocenters. The summed E-state index contributed by atoms with van der Waals surface area (Å²) in [6.45, 7) is -0.272. The maximum absolute atomic E-state index is 13.8. The molecular formula is C24H19F2NO3. The average molecular weight is 407 g/mol. The minimum atomic E-state index is -0.673. The SMILES string of the molecule is CN(C)c1ccc(/C=C2\Oc3cc(OCc4c(F)cccc4F)ccc3C2=O)cc1. The van der Waals surface area contributed by atoms with E-state index in [0.29, 0.717) is 17.1 Å². The fourth-order valence-electron chi connectivity index (χ4n) is 3.10. The summed E-state index contributed by atoms with van der Waals surface area (Å²) in [5.41, 5.74) is 2.14. The molecule has 4 nitrogen and oxygen atoms in total. The summed E-state index contributed by atoms with van der Waals surface area (Å²) >= 11 is 0. The summed E-state index contributed by atoms with van der Waals surface area (Å²) < 4.78 is 38.7. The number of rotatable bonds is 5. The topological polar surface area (TPSA) is 38.8 Å². The number of fused-ring (bicyclic) bond motifs is 1. The molecule has 3 aromatic carbocycles. The number of carbonyl (C=O) groups is 1. The van der Waals surface area contributed by atoms with Crippen LogP contribution in [0.3, 0.4) is 0 Å². The summed E-state index contributed by atoms with van der Waals surface area (Å²) in [5.74, 6) is -0.669. The Morgan fingerprint density at radius 1 is 1.00 bits per heavy atom. The summed E-state index contributed by atoms with van der Waals surface area (Å²) in [5, 5.41) is 0. The van der Waals surface area contributed by atoms with E-state index in [9.17, 15) is 13.6 Å². The zero-order chi connectivity index (χ0) is 21.3. The summed E-state index contributed by atoms with van der Waals surface area (Å²) in [6.07, 6.45) is 1.68. The van der Waals surface area contributed by atoms with Crippen LogP contribution in [0.1, 0.15) is 21.5 Å². The Balaban J connectivity index is 1.51. The number of benzene rings is 3. The number of carbonyl (C=O) groups excluding carboxylic acids is 1. The van der Waals surface area contributed by atoms with E-state index in [1.54, 1.807) is 24.3 Å². The first-order valence-electron chi connectivity index (χ1n) is 9.34. The minimum absolute atomic E-state index is 0.156. The van der Waals surface area contributed by atoms with Crippen molar-refractivity contribution < 1.29 is 23.0 Å². The van der Waals surface area contributed by atoms with Crippen LogP contribution < -0.4 is 14.4 Å². The first-order valence-corrected chi connectivity index (χ1v) is 9.34. The molecule has 0 saturated heterocycles. The molecule has 0 spiro atoms. The van der Waals surface area contributed by atoms with Gasteiger partial charge in [0.25, 0.3) is 0 Å². The molecule has 0 saturated carbocycles. The molecule has 1 heterocycles. The van der Waals surface area contributed by atoms with Crippen LogP contribution in [0.5, 0.6) is 11.5 Å². The van der Waals surface area contributed by atoms with Gasteiger partial charge in [0.15, 0.2) is 5.76 Å². The van der Waals surface area contributed by atoms with Crippen LogP contribution in [0.25, 0.3) is 6.08 Å². The predicted octanol–water partition coefficient (Wildman–Crippen LogP) is 5.23. The van der Waals surface area contributed by atoms with Crippen molar-refractivity contribution in [3.05, 3.63) is 94.7 Å². The maximum Gasteiger partial charge on any atom is 0.231 e. The van der Waals surface area contributed by atoms with Crippen molar-refractivity contribution in [1.29, 1.82) is 0 Å². The molecule has 4 rings (SSSR count). The molecule has 3 aromatic rings. The van der Waals surface area contributed by atoms with Gasteiger partial charge in [-0.15, -0.1) is 0 Å². The van der Waals surface area contributed by atoms with Gasteiger partial charge in [-0.05, 0) is 48.0 Å². The molecule has 30 heavy (non-hydrogen) atoms. The van der Waals surface area contributed by atoms with Crippen LogP contribution in [-0.4, -0.2) is 19.9 Å². The lowest BCUT2D eigenvalue weighted by molar-refractivity contribution is 0.101. The van der Waals surface area contributed by atoms with Gasteiger partial charge in [-0.25, -0.2) is 8.78 Å². The number of ketones is 1. The van der Waals surface area contributed by atoms with Gasteiger partial charge >= 0.3 is 0 Å². The third kappa shape index (κ3) is 3.89. The van der Waals surface area contributed by atoms with Crippen molar-refractivity contribution in [3.63, 3.8) is 0 Å². The molecule has 1 aliphatic rings. The number of anilines is 1. The van der Waals surface area contributed by atoms with E-state index >= 15 is 0 Å². The summed E-state index contributed by atoms with van der Waals surface area (Å²) in [4.78, 5) is 14.6. The quantitative estimate of drug-likeness (QED) is 0.543. The number of ether oxygens (including phenoxy) is 2. The van der Waals surface area contributed by atoms with Gasteiger partial charge in [0.05, 0.1) is 11.1 Å². The molecule has 0 fully saturated rings. The molecule has 0 radical (unpaired) electrons. The summed E-state index contributed by atoms with van der Waals surface area (Å²) in [6, 6.07) is 16.1. The molecule has 0 amide bonds. The first kappa shape index (κ1) is 19.6. The molecule has 0 aliphatic carbocycles. The molecule has 0 atom stereocenters. The van der Waals surface area contributed by atoms with Crippen LogP contribution in [0.2, 0.25) is 0 Å². The number of hydrogen-bond acceptors (Lipinski definition) is 4. The normalized spacial score (nSPS) is 13.9. The van der Waals surface area contributed by atoms with E-state index in [0.717, 1.165) is 11.3 Å². The molecule has 1 aliphatic heterocycles. The molecule has 152 valence electrons. The van der Waals surface area contributed by atoms with Crippen molar-refractivity contribution in [1.82, 2.24) is 0 Å². The molecular weight excluding hydrogens is 388 g/mol. The highest BCUT2D eigenvalue weighted by molar-refractivity contribution is 6.14. The Kier molecular flexibility index (Phi) is 5.23. The Hall–Kier alpha value is -3.67. The monoisotopic (exact) mass is 407 g/mol. The maximum atomic E-state index is 13.8. The third-order valence-electron chi connectivity index (χ3n) is 4.79. The first-order chi connectivity index (χ1) is 14.4. The van der Waals surface area contributed by atoms with Gasteiger partial charge in [0, 0.05) is 25.8 Å². The van der Waals surface area contributed by atoms with Crippen LogP contribution in [0, 0.1) is 11.6 Å². The van der Waals surface area contributed by atoms with E-state index < -0.39 is 11.6 Å². The van der Waals surface area contributed by atoms with E-state index in [4.69, 9.17) is 9.47 Å². The van der Waals surface area contributed by atoms with Gasteiger partial charge < -0.3 is 14.4 Å². The molecule has 6 heteroatoms. The fourth-order valence-corrected chi connectivity index (χ4v) is 3.10. The van der Waals surface area contributed by atoms with Crippen LogP contribution in [0.4, 0.5) is 14.5 Å². The standard InChI is InChI=1S/C24H19F2NO3/c1-27(2)16-8-6-15(7-9-16)12-23-24(28)18-11-10-17(13-22(18)30-23)29-14-19-20(25)4-3-5-21(19)26/h3-13H,14H2,1-2H3/b23-12-. The second-order valence-electron chi connectivity index (χ2n) is 7.07. The lowest BCUT2D eigenvalue weighted by Gasteiger charge is -2.11. The summed E-state index contributed by atoms with van der Waals surface area (Å²) in [7, 11) is 3.90. The van der Waals surface area contributed by atoms with E-state index in [1.165, 1.54) is 18.2 Å². The highest BCUT2D eigenvalue weighted by atomic mass is 19.1. The van der Waals surface area contributed by atoms with Crippen molar-refractivity contribution in [2.75, 3.05) is 19.0 Å². The highest BCUT2D eigenvalue weighted by Crippen LogP contribution is 2.35. The second kappa shape index (κ2) is 7.99. The number of Topliss-reactive ketones (excluding diaryl/α,β-unsaturated/α-hetero) is 1. The lowest BCUT2D eigenvalue weighted by atomic mass is 10.1. The average Bonchev–Trinajstić information content (AvgIpc) is 3.03. The van der Waals surface area contributed by atoms with Gasteiger partial charge in [0.1, 0.15) is 29.7 Å². The van der Waals surface area contributed by atoms with Crippen LogP contribution in [0.15, 0.2) is 66.4 Å². The second-order valence-corrected chi connectivity index (χ2v) is 7.07. The third-order valence-corrected chi connectivity index (χ3v) is 4.79. The van der Waals surface area contributed by atoms with Gasteiger partial charge in [0.2, 0.25) is 5.78 Å². The molecule has 0 bridgehead atoms. The Morgan fingerprint density at radius 2 is 1.70 bits per heavy atom. The zero-order valence-electron chi connectivity index (χ0n) is 16.5. The van der Waals surface area contributed by atoms with E-state index in [2.05, 4.69) is 0 Å². The highest BCUT2D eigenvalue weighted by Gasteiger charge is 2.27. The number of allylic oxidation sites excluding steroid dienone is 1. The number of halogens is 2. The Bertz CT molecular complexity index is 1120. The van der Waals surface area contributed by atoms with Crippen molar-refractivity contribution in [2.24, 2.45) is 0 Å². The largest absolute Gasteiger partial charge is 0.489 e. The van der Waals surface area contributed by atoms with Gasteiger partial charge in [-0.2, -0.15) is 0 Å². The number of nitrogens with zero attached hydrogens (tertiary/aromatic N) is 1. The number of hydrogen-bond donors (Lipinski definition) is 0.